The van der Waals surface area contributed by atoms with E-state index < -0.39 is 11.5 Å². The molecule has 114 valence electrons. The molecule has 0 radical (unpaired) electrons. The van der Waals surface area contributed by atoms with Gasteiger partial charge in [-0.15, -0.1) is 0 Å². The van der Waals surface area contributed by atoms with Crippen LogP contribution in [0.15, 0.2) is 24.3 Å². The number of carbonyl (C=O) groups is 2. The average Bonchev–Trinajstić information content (AvgIpc) is 2.48. The van der Waals surface area contributed by atoms with Gasteiger partial charge in [-0.2, -0.15) is 11.8 Å². The molecule has 21 heavy (non-hydrogen) atoms. The zero-order valence-electron chi connectivity index (χ0n) is 11.9. The molecular weight excluding hydrogens is 290 g/mol. The summed E-state index contributed by atoms with van der Waals surface area (Å²) in [6.07, 6.45) is 1.09. The molecule has 0 aliphatic carbocycles. The fourth-order valence-electron chi connectivity index (χ4n) is 2.39. The molecule has 6 heteroatoms. The number of aliphatic carboxylic acids is 1. The van der Waals surface area contributed by atoms with Crippen molar-refractivity contribution in [2.45, 2.75) is 24.8 Å². The number of carbonyl (C=O) groups excluding carboxylic acids is 1. The van der Waals surface area contributed by atoms with Crippen LogP contribution in [0.4, 0.5) is 0 Å². The minimum Gasteiger partial charge on any atom is -0.497 e. The van der Waals surface area contributed by atoms with Gasteiger partial charge < -0.3 is 15.2 Å². The van der Waals surface area contributed by atoms with Gasteiger partial charge in [0.05, 0.1) is 13.5 Å². The smallest absolute Gasteiger partial charge is 0.329 e. The van der Waals surface area contributed by atoms with Gasteiger partial charge in [0.25, 0.3) is 0 Å². The minimum atomic E-state index is -1.11. The van der Waals surface area contributed by atoms with E-state index in [0.717, 1.165) is 17.1 Å². The van der Waals surface area contributed by atoms with Gasteiger partial charge in [-0.1, -0.05) is 12.1 Å². The van der Waals surface area contributed by atoms with Crippen LogP contribution < -0.4 is 10.1 Å². The number of thioether (sulfide) groups is 1. The molecule has 0 saturated carbocycles. The molecule has 1 saturated heterocycles. The Morgan fingerprint density at radius 2 is 2.10 bits per heavy atom. The maximum absolute atomic E-state index is 12.2. The highest BCUT2D eigenvalue weighted by Crippen LogP contribution is 2.27. The molecule has 0 spiro atoms. The molecule has 5 nitrogen and oxygen atoms in total. The molecule has 1 fully saturated rings. The lowest BCUT2D eigenvalue weighted by atomic mass is 9.92. The molecule has 0 atom stereocenters. The Labute approximate surface area is 128 Å². The van der Waals surface area contributed by atoms with Crippen LogP contribution >= 0.6 is 11.8 Å². The SMILES string of the molecule is COc1cccc(CC(=O)NC2(C(=O)O)CCSCC2)c1. The van der Waals surface area contributed by atoms with Crippen LogP contribution in [-0.2, 0) is 16.0 Å². The molecule has 0 unspecified atom stereocenters. The summed E-state index contributed by atoms with van der Waals surface area (Å²) < 4.78 is 5.12. The number of amides is 1. The van der Waals surface area contributed by atoms with Crippen molar-refractivity contribution < 1.29 is 19.4 Å². The van der Waals surface area contributed by atoms with E-state index in [9.17, 15) is 14.7 Å². The van der Waals surface area contributed by atoms with E-state index in [1.807, 2.05) is 12.1 Å². The molecule has 1 aliphatic rings. The summed E-state index contributed by atoms with van der Waals surface area (Å²) in [5.74, 6) is 0.985. The Bertz CT molecular complexity index is 526. The number of carboxylic acids is 1. The first-order valence-electron chi connectivity index (χ1n) is 6.81. The van der Waals surface area contributed by atoms with Crippen LogP contribution in [0.1, 0.15) is 18.4 Å². The molecular formula is C15H19NO4S. The topological polar surface area (TPSA) is 75.6 Å². The fourth-order valence-corrected chi connectivity index (χ4v) is 3.58. The number of rotatable bonds is 5. The lowest BCUT2D eigenvalue weighted by Crippen LogP contribution is -2.56. The van der Waals surface area contributed by atoms with Crippen molar-refractivity contribution in [3.8, 4) is 5.75 Å². The summed E-state index contributed by atoms with van der Waals surface area (Å²) in [4.78, 5) is 23.7. The van der Waals surface area contributed by atoms with Gasteiger partial charge in [-0.3, -0.25) is 4.79 Å². The first kappa shape index (κ1) is 15.7. The molecule has 1 heterocycles. The van der Waals surface area contributed by atoms with Gasteiger partial charge in [0.1, 0.15) is 11.3 Å². The van der Waals surface area contributed by atoms with Gasteiger partial charge in [-0.05, 0) is 42.0 Å². The summed E-state index contributed by atoms with van der Waals surface area (Å²) in [6.45, 7) is 0. The second-order valence-electron chi connectivity index (χ2n) is 5.08. The molecule has 0 bridgehead atoms. The summed E-state index contributed by atoms with van der Waals surface area (Å²) in [6, 6.07) is 7.22. The largest absolute Gasteiger partial charge is 0.497 e. The van der Waals surface area contributed by atoms with Crippen molar-refractivity contribution in [2.24, 2.45) is 0 Å². The van der Waals surface area contributed by atoms with Crippen molar-refractivity contribution in [1.29, 1.82) is 0 Å². The Balaban J connectivity index is 2.03. The minimum absolute atomic E-state index is 0.152. The van der Waals surface area contributed by atoms with Gasteiger partial charge in [0, 0.05) is 0 Å². The third-order valence-electron chi connectivity index (χ3n) is 3.63. The lowest BCUT2D eigenvalue weighted by molar-refractivity contribution is -0.148. The lowest BCUT2D eigenvalue weighted by Gasteiger charge is -2.33. The van der Waals surface area contributed by atoms with Crippen LogP contribution in [0, 0.1) is 0 Å². The predicted molar refractivity (Wildman–Crippen MR) is 81.8 cm³/mol. The molecule has 2 N–H and O–H groups in total. The maximum atomic E-state index is 12.2. The van der Waals surface area contributed by atoms with Crippen molar-refractivity contribution in [3.05, 3.63) is 29.8 Å². The van der Waals surface area contributed by atoms with Gasteiger partial charge in [0.2, 0.25) is 5.91 Å². The second-order valence-corrected chi connectivity index (χ2v) is 6.30. The Morgan fingerprint density at radius 3 is 2.71 bits per heavy atom. The Kier molecular flexibility index (Phi) is 5.12. The number of hydrogen-bond acceptors (Lipinski definition) is 4. The zero-order valence-corrected chi connectivity index (χ0v) is 12.7. The second kappa shape index (κ2) is 6.85. The van der Waals surface area contributed by atoms with E-state index in [4.69, 9.17) is 4.74 Å². The summed E-state index contributed by atoms with van der Waals surface area (Å²) in [5.41, 5.74) is -0.307. The number of benzene rings is 1. The van der Waals surface area contributed by atoms with Crippen molar-refractivity contribution in [1.82, 2.24) is 5.32 Å². The van der Waals surface area contributed by atoms with Crippen molar-refractivity contribution in [2.75, 3.05) is 18.6 Å². The highest BCUT2D eigenvalue weighted by molar-refractivity contribution is 7.99. The normalized spacial score (nSPS) is 17.0. The van der Waals surface area contributed by atoms with Crippen LogP contribution in [0.5, 0.6) is 5.75 Å². The van der Waals surface area contributed by atoms with Crippen LogP contribution in [0.25, 0.3) is 0 Å². The standard InChI is InChI=1S/C15H19NO4S/c1-20-12-4-2-3-11(9-12)10-13(17)16-15(14(18)19)5-7-21-8-6-15/h2-4,9H,5-8,10H2,1H3,(H,16,17)(H,18,19). The molecule has 2 rings (SSSR count). The summed E-state index contributed by atoms with van der Waals surface area (Å²) in [5, 5.41) is 12.2. The van der Waals surface area contributed by atoms with E-state index in [-0.39, 0.29) is 12.3 Å². The number of hydrogen-bond donors (Lipinski definition) is 2. The van der Waals surface area contributed by atoms with Crippen LogP contribution in [0.2, 0.25) is 0 Å². The monoisotopic (exact) mass is 309 g/mol. The van der Waals surface area contributed by atoms with Crippen molar-refractivity contribution in [3.63, 3.8) is 0 Å². The summed E-state index contributed by atoms with van der Waals surface area (Å²) >= 11 is 1.72. The van der Waals surface area contributed by atoms with E-state index in [0.29, 0.717) is 18.6 Å². The Hall–Kier alpha value is -1.69. The molecule has 1 aliphatic heterocycles. The van der Waals surface area contributed by atoms with Crippen LogP contribution in [0.3, 0.4) is 0 Å². The first-order chi connectivity index (χ1) is 10.1. The number of carboxylic acid groups (broad SMARTS) is 1. The number of methoxy groups -OCH3 is 1. The number of ether oxygens (including phenoxy) is 1. The average molecular weight is 309 g/mol. The molecule has 1 aromatic rings. The molecule has 1 aromatic carbocycles. The van der Waals surface area contributed by atoms with Gasteiger partial charge >= 0.3 is 5.97 Å². The third kappa shape index (κ3) is 3.91. The molecule has 1 amide bonds. The Morgan fingerprint density at radius 1 is 1.38 bits per heavy atom. The highest BCUT2D eigenvalue weighted by Gasteiger charge is 2.41. The third-order valence-corrected chi connectivity index (χ3v) is 4.62. The predicted octanol–water partition coefficient (Wildman–Crippen LogP) is 1.70. The van der Waals surface area contributed by atoms with Crippen LogP contribution in [-0.4, -0.2) is 41.1 Å². The quantitative estimate of drug-likeness (QED) is 0.866. The zero-order chi connectivity index (χ0) is 15.3. The number of nitrogens with one attached hydrogen (secondary N) is 1. The van der Waals surface area contributed by atoms with Crippen molar-refractivity contribution >= 4 is 23.6 Å². The van der Waals surface area contributed by atoms with Gasteiger partial charge in [-0.25, -0.2) is 4.79 Å². The van der Waals surface area contributed by atoms with E-state index >= 15 is 0 Å². The van der Waals surface area contributed by atoms with Gasteiger partial charge in [0.15, 0.2) is 0 Å². The highest BCUT2D eigenvalue weighted by atomic mass is 32.2. The first-order valence-corrected chi connectivity index (χ1v) is 7.96. The summed E-state index contributed by atoms with van der Waals surface area (Å²) in [7, 11) is 1.57. The van der Waals surface area contributed by atoms with E-state index in [2.05, 4.69) is 5.32 Å². The maximum Gasteiger partial charge on any atom is 0.329 e. The fraction of sp³-hybridized carbons (Fsp3) is 0.467. The van der Waals surface area contributed by atoms with E-state index in [1.54, 1.807) is 31.0 Å². The molecule has 0 aromatic heterocycles. The van der Waals surface area contributed by atoms with E-state index in [1.165, 1.54) is 0 Å².